The van der Waals surface area contributed by atoms with Gasteiger partial charge < -0.3 is 10.1 Å². The van der Waals surface area contributed by atoms with Gasteiger partial charge in [0.15, 0.2) is 6.61 Å². The van der Waals surface area contributed by atoms with Crippen LogP contribution >= 0.6 is 0 Å². The van der Waals surface area contributed by atoms with E-state index in [1.807, 2.05) is 5.32 Å². The van der Waals surface area contributed by atoms with Crippen LogP contribution in [0.5, 0.6) is 0 Å². The third-order valence-corrected chi connectivity index (χ3v) is 3.34. The second kappa shape index (κ2) is 8.98. The highest BCUT2D eigenvalue weighted by atomic mass is 19.4. The third kappa shape index (κ3) is 6.38. The van der Waals surface area contributed by atoms with Crippen molar-refractivity contribution < 1.29 is 36.7 Å². The molecule has 0 saturated heterocycles. The van der Waals surface area contributed by atoms with Crippen molar-refractivity contribution in [1.82, 2.24) is 5.32 Å². The average Bonchev–Trinajstić information content (AvgIpc) is 2.61. The number of alkyl halides is 3. The van der Waals surface area contributed by atoms with E-state index >= 15 is 0 Å². The lowest BCUT2D eigenvalue weighted by molar-refractivity contribution is -0.147. The van der Waals surface area contributed by atoms with Gasteiger partial charge in [-0.1, -0.05) is 30.3 Å². The Morgan fingerprint density at radius 3 is 2.39 bits per heavy atom. The van der Waals surface area contributed by atoms with Crippen molar-refractivity contribution in [2.45, 2.75) is 12.6 Å². The molecule has 3 amide bonds. The summed E-state index contributed by atoms with van der Waals surface area (Å²) >= 11 is 0. The van der Waals surface area contributed by atoms with Gasteiger partial charge in [0.05, 0.1) is 17.7 Å². The number of imide groups is 1. The van der Waals surface area contributed by atoms with Crippen LogP contribution in [0.3, 0.4) is 0 Å². The van der Waals surface area contributed by atoms with Crippen LogP contribution in [0.1, 0.15) is 11.1 Å². The molecular weight excluding hydrogens is 384 g/mol. The van der Waals surface area contributed by atoms with Gasteiger partial charge in [0, 0.05) is 0 Å². The van der Waals surface area contributed by atoms with Crippen LogP contribution in [-0.4, -0.2) is 24.5 Å². The summed E-state index contributed by atoms with van der Waals surface area (Å²) in [4.78, 5) is 34.8. The summed E-state index contributed by atoms with van der Waals surface area (Å²) in [5.41, 5.74) is -1.02. The summed E-state index contributed by atoms with van der Waals surface area (Å²) < 4.78 is 55.9. The van der Waals surface area contributed by atoms with Crippen LogP contribution in [0.4, 0.5) is 28.0 Å². The molecule has 0 heterocycles. The van der Waals surface area contributed by atoms with Gasteiger partial charge in [0.2, 0.25) is 0 Å². The van der Waals surface area contributed by atoms with Crippen molar-refractivity contribution in [3.8, 4) is 0 Å². The van der Waals surface area contributed by atoms with Crippen LogP contribution in [0.25, 0.3) is 0 Å². The van der Waals surface area contributed by atoms with Crippen LogP contribution < -0.4 is 10.6 Å². The molecule has 2 aromatic carbocycles. The van der Waals surface area contributed by atoms with Gasteiger partial charge in [-0.05, 0) is 23.8 Å². The van der Waals surface area contributed by atoms with Crippen molar-refractivity contribution >= 4 is 23.6 Å². The molecular formula is C18H14F4N2O4. The van der Waals surface area contributed by atoms with Gasteiger partial charge in [0.1, 0.15) is 5.82 Å². The zero-order valence-corrected chi connectivity index (χ0v) is 14.2. The van der Waals surface area contributed by atoms with E-state index in [2.05, 4.69) is 10.1 Å². The number of benzene rings is 2. The average molecular weight is 398 g/mol. The molecule has 0 fully saturated rings. The molecule has 0 unspecified atom stereocenters. The van der Waals surface area contributed by atoms with Gasteiger partial charge in [0.25, 0.3) is 5.91 Å². The van der Waals surface area contributed by atoms with Crippen molar-refractivity contribution in [2.75, 3.05) is 11.9 Å². The predicted octanol–water partition coefficient (Wildman–Crippen LogP) is 3.28. The zero-order chi connectivity index (χ0) is 20.7. The lowest BCUT2D eigenvalue weighted by atomic mass is 10.1. The van der Waals surface area contributed by atoms with E-state index in [1.165, 1.54) is 24.3 Å². The molecule has 2 N–H and O–H groups in total. The molecule has 0 spiro atoms. The number of ether oxygens (including phenoxy) is 1. The standard InChI is InChI=1S/C18H14F4N2O4/c19-13-6-1-2-7-14(13)23-17(27)24-15(25)10-28-16(26)9-11-4-3-5-12(8-11)18(20,21)22/h1-8H,9-10H2,(H2,23,24,25,27). The van der Waals surface area contributed by atoms with E-state index < -0.39 is 48.5 Å². The monoisotopic (exact) mass is 398 g/mol. The number of carbonyl (C=O) groups is 3. The number of carbonyl (C=O) groups excluding carboxylic acids is 3. The van der Waals surface area contributed by atoms with E-state index in [0.717, 1.165) is 24.3 Å². The summed E-state index contributed by atoms with van der Waals surface area (Å²) in [6.07, 6.45) is -5.04. The Kier molecular flexibility index (Phi) is 6.69. The summed E-state index contributed by atoms with van der Waals surface area (Å²) in [6.45, 7) is -0.831. The number of rotatable bonds is 5. The third-order valence-electron chi connectivity index (χ3n) is 3.34. The first-order chi connectivity index (χ1) is 13.1. The second-order valence-corrected chi connectivity index (χ2v) is 5.52. The van der Waals surface area contributed by atoms with Gasteiger partial charge >= 0.3 is 18.2 Å². The normalized spacial score (nSPS) is 10.9. The van der Waals surface area contributed by atoms with E-state index in [1.54, 1.807) is 0 Å². The van der Waals surface area contributed by atoms with Crippen LogP contribution in [0, 0.1) is 5.82 Å². The Bertz CT molecular complexity index is 884. The van der Waals surface area contributed by atoms with Gasteiger partial charge in [-0.25, -0.2) is 9.18 Å². The quantitative estimate of drug-likeness (QED) is 0.598. The molecule has 0 saturated carbocycles. The number of hydrogen-bond donors (Lipinski definition) is 2. The van der Waals surface area contributed by atoms with Crippen LogP contribution in [-0.2, 0) is 26.9 Å². The molecule has 2 aromatic rings. The summed E-state index contributed by atoms with van der Waals surface area (Å²) in [6, 6.07) is 8.32. The second-order valence-electron chi connectivity index (χ2n) is 5.52. The summed E-state index contributed by atoms with van der Waals surface area (Å²) in [5, 5.41) is 3.92. The fourth-order valence-corrected chi connectivity index (χ4v) is 2.10. The molecule has 10 heteroatoms. The minimum atomic E-state index is -4.55. The van der Waals surface area contributed by atoms with Gasteiger partial charge in [-0.2, -0.15) is 13.2 Å². The Morgan fingerprint density at radius 1 is 1.00 bits per heavy atom. The smallest absolute Gasteiger partial charge is 0.416 e. The fraction of sp³-hybridized carbons (Fsp3) is 0.167. The number of halogens is 4. The molecule has 0 radical (unpaired) electrons. The molecule has 148 valence electrons. The van der Waals surface area contributed by atoms with E-state index in [0.29, 0.717) is 0 Å². The van der Waals surface area contributed by atoms with Crippen LogP contribution in [0.15, 0.2) is 48.5 Å². The Hall–Kier alpha value is -3.43. The fourth-order valence-electron chi connectivity index (χ4n) is 2.10. The minimum absolute atomic E-state index is 0.0533. The SMILES string of the molecule is O=C(COC(=O)Cc1cccc(C(F)(F)F)c1)NC(=O)Nc1ccccc1F. The number of amides is 3. The molecule has 6 nitrogen and oxygen atoms in total. The van der Waals surface area contributed by atoms with Crippen molar-refractivity contribution in [3.05, 3.63) is 65.5 Å². The predicted molar refractivity (Wildman–Crippen MR) is 89.7 cm³/mol. The zero-order valence-electron chi connectivity index (χ0n) is 14.2. The highest BCUT2D eigenvalue weighted by Crippen LogP contribution is 2.29. The lowest BCUT2D eigenvalue weighted by Crippen LogP contribution is -2.37. The largest absolute Gasteiger partial charge is 0.455 e. The first-order valence-electron chi connectivity index (χ1n) is 7.82. The summed E-state index contributed by atoms with van der Waals surface area (Å²) in [5.74, 6) is -2.66. The highest BCUT2D eigenvalue weighted by molar-refractivity contribution is 6.01. The van der Waals surface area contributed by atoms with Gasteiger partial charge in [-0.3, -0.25) is 14.9 Å². The van der Waals surface area contributed by atoms with Gasteiger partial charge in [-0.15, -0.1) is 0 Å². The molecule has 0 aromatic heterocycles. The van der Waals surface area contributed by atoms with Crippen molar-refractivity contribution in [3.63, 3.8) is 0 Å². The van der Waals surface area contributed by atoms with E-state index in [4.69, 9.17) is 0 Å². The lowest BCUT2D eigenvalue weighted by Gasteiger charge is -2.09. The number of para-hydroxylation sites is 1. The molecule has 2 rings (SSSR count). The number of anilines is 1. The highest BCUT2D eigenvalue weighted by Gasteiger charge is 2.30. The molecule has 0 aliphatic carbocycles. The van der Waals surface area contributed by atoms with Crippen LogP contribution in [0.2, 0.25) is 0 Å². The molecule has 0 aliphatic rings. The molecule has 0 aliphatic heterocycles. The van der Waals surface area contributed by atoms with Crippen molar-refractivity contribution in [1.29, 1.82) is 0 Å². The molecule has 0 atom stereocenters. The number of esters is 1. The Balaban J connectivity index is 1.80. The minimum Gasteiger partial charge on any atom is -0.455 e. The maximum Gasteiger partial charge on any atom is 0.416 e. The Morgan fingerprint density at radius 2 is 1.71 bits per heavy atom. The topological polar surface area (TPSA) is 84.5 Å². The molecule has 0 bridgehead atoms. The number of hydrogen-bond acceptors (Lipinski definition) is 4. The molecule has 28 heavy (non-hydrogen) atoms. The Labute approximate surface area is 156 Å². The maximum atomic E-state index is 13.4. The number of nitrogens with one attached hydrogen (secondary N) is 2. The maximum absolute atomic E-state index is 13.4. The first kappa shape index (κ1) is 20.9. The first-order valence-corrected chi connectivity index (χ1v) is 7.82. The summed E-state index contributed by atoms with van der Waals surface area (Å²) in [7, 11) is 0. The van der Waals surface area contributed by atoms with E-state index in [-0.39, 0.29) is 11.3 Å². The number of urea groups is 1. The van der Waals surface area contributed by atoms with Crippen molar-refractivity contribution in [2.24, 2.45) is 0 Å². The van der Waals surface area contributed by atoms with E-state index in [9.17, 15) is 31.9 Å².